The highest BCUT2D eigenvalue weighted by Gasteiger charge is 2.27. The minimum absolute atomic E-state index is 0.0303. The van der Waals surface area contributed by atoms with Gasteiger partial charge >= 0.3 is 17.6 Å². The highest BCUT2D eigenvalue weighted by atomic mass is 16.6. The second kappa shape index (κ2) is 8.43. The van der Waals surface area contributed by atoms with Crippen LogP contribution in [0.4, 0.5) is 11.5 Å². The molecule has 2 aromatic heterocycles. The van der Waals surface area contributed by atoms with Crippen LogP contribution in [0.3, 0.4) is 0 Å². The third-order valence-electron chi connectivity index (χ3n) is 4.28. The van der Waals surface area contributed by atoms with Crippen molar-refractivity contribution in [1.29, 1.82) is 0 Å². The van der Waals surface area contributed by atoms with Gasteiger partial charge in [0, 0.05) is 17.8 Å². The van der Waals surface area contributed by atoms with Gasteiger partial charge in [-0.2, -0.15) is 0 Å². The molecule has 0 unspecified atom stereocenters. The van der Waals surface area contributed by atoms with E-state index in [0.717, 1.165) is 0 Å². The first-order valence-electron chi connectivity index (χ1n) is 8.63. The zero-order valence-electron chi connectivity index (χ0n) is 16.2. The number of nitrogen functional groups attached to an aromatic ring is 1. The van der Waals surface area contributed by atoms with Gasteiger partial charge in [0.15, 0.2) is 11.5 Å². The summed E-state index contributed by atoms with van der Waals surface area (Å²) in [6, 6.07) is 6.24. The Labute approximate surface area is 177 Å². The number of aromatic amines is 1. The van der Waals surface area contributed by atoms with Gasteiger partial charge in [-0.1, -0.05) is 6.07 Å². The molecule has 13 nitrogen and oxygen atoms in total. The maximum Gasteiger partial charge on any atom is 0.342 e. The SMILES string of the molecule is COc1cc(-c2c(C(=O)O)c(N)[nH]c(=O)c2C(=O)O)ccc1Oc1ncccc1[N+](=O)[O-]. The first-order valence-corrected chi connectivity index (χ1v) is 8.63. The van der Waals surface area contributed by atoms with Gasteiger partial charge in [0.05, 0.1) is 12.0 Å². The van der Waals surface area contributed by atoms with E-state index >= 15 is 0 Å². The zero-order valence-corrected chi connectivity index (χ0v) is 16.2. The number of hydrogen-bond acceptors (Lipinski definition) is 9. The van der Waals surface area contributed by atoms with E-state index < -0.39 is 50.6 Å². The predicted molar refractivity (Wildman–Crippen MR) is 108 cm³/mol. The zero-order chi connectivity index (χ0) is 23.6. The molecule has 5 N–H and O–H groups in total. The number of anilines is 1. The highest BCUT2D eigenvalue weighted by Crippen LogP contribution is 2.39. The number of hydrogen-bond donors (Lipinski definition) is 4. The summed E-state index contributed by atoms with van der Waals surface area (Å²) in [4.78, 5) is 51.9. The summed E-state index contributed by atoms with van der Waals surface area (Å²) in [5, 5.41) is 30.2. The van der Waals surface area contributed by atoms with Crippen LogP contribution in [0.1, 0.15) is 20.7 Å². The molecule has 0 amide bonds. The van der Waals surface area contributed by atoms with E-state index in [1.807, 2.05) is 4.98 Å². The largest absolute Gasteiger partial charge is 0.493 e. The minimum atomic E-state index is -1.67. The van der Waals surface area contributed by atoms with Crippen LogP contribution in [0.25, 0.3) is 11.1 Å². The Hall–Kier alpha value is -4.94. The first-order chi connectivity index (χ1) is 15.1. The van der Waals surface area contributed by atoms with Crippen molar-refractivity contribution in [2.75, 3.05) is 12.8 Å². The number of methoxy groups -OCH3 is 1. The molecule has 0 aliphatic heterocycles. The fourth-order valence-electron chi connectivity index (χ4n) is 2.95. The van der Waals surface area contributed by atoms with Gasteiger partial charge in [-0.15, -0.1) is 0 Å². The summed E-state index contributed by atoms with van der Waals surface area (Å²) in [6.45, 7) is 0. The van der Waals surface area contributed by atoms with Crippen LogP contribution in [0.5, 0.6) is 17.4 Å². The third kappa shape index (κ3) is 3.89. The summed E-state index contributed by atoms with van der Waals surface area (Å²) in [6.07, 6.45) is 1.28. The fourth-order valence-corrected chi connectivity index (χ4v) is 2.95. The van der Waals surface area contributed by atoms with Crippen LogP contribution in [0.15, 0.2) is 41.3 Å². The van der Waals surface area contributed by atoms with Crippen molar-refractivity contribution in [3.05, 3.63) is 68.1 Å². The fraction of sp³-hybridized carbons (Fsp3) is 0.0526. The smallest absolute Gasteiger partial charge is 0.342 e. The molecule has 0 fully saturated rings. The van der Waals surface area contributed by atoms with Crippen molar-refractivity contribution in [3.63, 3.8) is 0 Å². The van der Waals surface area contributed by atoms with Crippen molar-refractivity contribution in [2.45, 2.75) is 0 Å². The first kappa shape index (κ1) is 21.8. The molecule has 0 radical (unpaired) electrons. The van der Waals surface area contributed by atoms with Crippen LogP contribution >= 0.6 is 0 Å². The molecule has 3 rings (SSSR count). The van der Waals surface area contributed by atoms with Crippen LogP contribution in [0.2, 0.25) is 0 Å². The monoisotopic (exact) mass is 442 g/mol. The minimum Gasteiger partial charge on any atom is -0.493 e. The number of ether oxygens (including phenoxy) is 2. The summed E-state index contributed by atoms with van der Waals surface area (Å²) >= 11 is 0. The number of H-pyrrole nitrogens is 1. The number of pyridine rings is 2. The summed E-state index contributed by atoms with van der Waals surface area (Å²) < 4.78 is 10.7. The maximum absolute atomic E-state index is 12.2. The Morgan fingerprint density at radius 1 is 1.16 bits per heavy atom. The number of nitrogens with two attached hydrogens (primary N) is 1. The average Bonchev–Trinajstić information content (AvgIpc) is 2.73. The summed E-state index contributed by atoms with van der Waals surface area (Å²) in [5.41, 5.74) is 2.16. The average molecular weight is 442 g/mol. The number of nitrogens with zero attached hydrogens (tertiary/aromatic N) is 2. The predicted octanol–water partition coefficient (Wildman–Crippen LogP) is 2.12. The number of aromatic nitrogens is 2. The second-order valence-electron chi connectivity index (χ2n) is 6.16. The van der Waals surface area contributed by atoms with Gasteiger partial charge in [-0.3, -0.25) is 14.9 Å². The van der Waals surface area contributed by atoms with Crippen molar-refractivity contribution in [2.24, 2.45) is 0 Å². The molecule has 3 aromatic rings. The van der Waals surface area contributed by atoms with Crippen LogP contribution in [0, 0.1) is 10.1 Å². The Morgan fingerprint density at radius 3 is 2.44 bits per heavy atom. The lowest BCUT2D eigenvalue weighted by Gasteiger charge is -2.15. The summed E-state index contributed by atoms with van der Waals surface area (Å²) in [5.74, 6) is -4.20. The number of rotatable bonds is 7. The van der Waals surface area contributed by atoms with E-state index in [1.165, 1.54) is 43.6 Å². The van der Waals surface area contributed by atoms with Crippen LogP contribution < -0.4 is 20.8 Å². The normalized spacial score (nSPS) is 10.4. The molecule has 1 aromatic carbocycles. The van der Waals surface area contributed by atoms with Gasteiger partial charge in [0.25, 0.3) is 11.4 Å². The van der Waals surface area contributed by atoms with Gasteiger partial charge in [-0.05, 0) is 23.8 Å². The Morgan fingerprint density at radius 2 is 1.84 bits per heavy atom. The lowest BCUT2D eigenvalue weighted by atomic mass is 9.95. The maximum atomic E-state index is 12.2. The molecule has 2 heterocycles. The lowest BCUT2D eigenvalue weighted by Crippen LogP contribution is -2.24. The van der Waals surface area contributed by atoms with Crippen LogP contribution in [-0.2, 0) is 0 Å². The quantitative estimate of drug-likeness (QED) is 0.307. The van der Waals surface area contributed by atoms with Gasteiger partial charge in [0.1, 0.15) is 16.9 Å². The van der Waals surface area contributed by atoms with E-state index in [2.05, 4.69) is 4.98 Å². The van der Waals surface area contributed by atoms with Crippen molar-refractivity contribution < 1.29 is 34.2 Å². The number of carbonyl (C=O) groups is 2. The van der Waals surface area contributed by atoms with Crippen LogP contribution in [-0.4, -0.2) is 44.2 Å². The highest BCUT2D eigenvalue weighted by molar-refractivity contribution is 6.07. The van der Waals surface area contributed by atoms with E-state index in [1.54, 1.807) is 0 Å². The standard InChI is InChI=1S/C19H14N4O9/c1-31-11-7-8(4-5-10(11)32-17-9(23(29)30)3-2-6-21-17)12-13(18(25)26)15(20)22-16(24)14(12)19(27)28/h2-7H,1H3,(H,25,26)(H,27,28)(H3,20,22,24). The van der Waals surface area contributed by atoms with E-state index in [-0.39, 0.29) is 22.9 Å². The lowest BCUT2D eigenvalue weighted by molar-refractivity contribution is -0.386. The Balaban J connectivity index is 2.21. The van der Waals surface area contributed by atoms with Crippen molar-refractivity contribution in [1.82, 2.24) is 9.97 Å². The molecule has 0 atom stereocenters. The Kier molecular flexibility index (Phi) is 5.73. The molecule has 164 valence electrons. The number of nitrogens with one attached hydrogen (secondary N) is 1. The van der Waals surface area contributed by atoms with Gasteiger partial charge in [-0.25, -0.2) is 14.6 Å². The molecule has 32 heavy (non-hydrogen) atoms. The molecule has 0 saturated carbocycles. The molecule has 0 saturated heterocycles. The van der Waals surface area contributed by atoms with Gasteiger partial charge in [0.2, 0.25) is 0 Å². The molecule has 0 spiro atoms. The number of carboxylic acid groups (broad SMARTS) is 2. The number of benzene rings is 1. The summed E-state index contributed by atoms with van der Waals surface area (Å²) in [7, 11) is 1.24. The Bertz CT molecular complexity index is 1320. The number of carboxylic acids is 2. The van der Waals surface area contributed by atoms with Gasteiger partial charge < -0.3 is 30.4 Å². The van der Waals surface area contributed by atoms with E-state index in [0.29, 0.717) is 0 Å². The molecular formula is C19H14N4O9. The molecule has 13 heteroatoms. The molecular weight excluding hydrogens is 428 g/mol. The second-order valence-corrected chi connectivity index (χ2v) is 6.16. The van der Waals surface area contributed by atoms with Crippen molar-refractivity contribution in [3.8, 4) is 28.5 Å². The van der Waals surface area contributed by atoms with E-state index in [9.17, 15) is 34.7 Å². The van der Waals surface area contributed by atoms with E-state index in [4.69, 9.17) is 15.2 Å². The van der Waals surface area contributed by atoms with Crippen molar-refractivity contribution >= 4 is 23.4 Å². The molecule has 0 aliphatic rings. The number of nitro groups is 1. The topological polar surface area (TPSA) is 208 Å². The third-order valence-corrected chi connectivity index (χ3v) is 4.28. The number of aromatic carboxylic acids is 2. The molecule has 0 aliphatic carbocycles. The molecule has 0 bridgehead atoms.